The number of carboxylic acids is 1. The number of nitrogens with one attached hydrogen (secondary N) is 3. The van der Waals surface area contributed by atoms with E-state index >= 15 is 0 Å². The first-order chi connectivity index (χ1) is 9.00. The zero-order chi connectivity index (χ0) is 16.0. The smallest absolute Gasteiger partial charge is 0.321 e. The normalized spacial score (nSPS) is 11.8. The average Bonchev–Trinajstić information content (AvgIpc) is 2.27. The molecule has 3 amide bonds. The Morgan fingerprint density at radius 1 is 1.20 bits per heavy atom. The Bertz CT molecular complexity index is 485. The number of sulfonamides is 1. The second kappa shape index (κ2) is 7.20. The number of urea groups is 1. The summed E-state index contributed by atoms with van der Waals surface area (Å²) in [5, 5.41) is 12.9. The van der Waals surface area contributed by atoms with Crippen LogP contribution in [0.5, 0.6) is 0 Å². The van der Waals surface area contributed by atoms with E-state index in [1.165, 1.54) is 20.9 Å². The molecule has 20 heavy (non-hydrogen) atoms. The molecule has 0 saturated carbocycles. The van der Waals surface area contributed by atoms with E-state index in [1.807, 2.05) is 5.32 Å². The molecule has 0 spiro atoms. The van der Waals surface area contributed by atoms with Gasteiger partial charge in [0, 0.05) is 13.0 Å². The Hall–Kier alpha value is -1.68. The lowest BCUT2D eigenvalue weighted by atomic mass is 9.89. The number of rotatable bonds is 7. The van der Waals surface area contributed by atoms with Crippen LogP contribution >= 0.6 is 0 Å². The highest BCUT2D eigenvalue weighted by molar-refractivity contribution is 7.89. The second-order valence-corrected chi connectivity index (χ2v) is 6.74. The third kappa shape index (κ3) is 7.04. The van der Waals surface area contributed by atoms with Gasteiger partial charge in [0.1, 0.15) is 0 Å². The van der Waals surface area contributed by atoms with Crippen LogP contribution in [-0.4, -0.2) is 50.8 Å². The van der Waals surface area contributed by atoms with E-state index in [-0.39, 0.29) is 18.7 Å². The first-order valence-electron chi connectivity index (χ1n) is 5.72. The zero-order valence-electron chi connectivity index (χ0n) is 11.5. The summed E-state index contributed by atoms with van der Waals surface area (Å²) < 4.78 is 24.2. The molecule has 0 rings (SSSR count). The van der Waals surface area contributed by atoms with Gasteiger partial charge in [-0.15, -0.1) is 0 Å². The van der Waals surface area contributed by atoms with Gasteiger partial charge >= 0.3 is 12.0 Å². The number of carbonyl (C=O) groups excluding carboxylic acids is 2. The second-order valence-electron chi connectivity index (χ2n) is 4.69. The predicted molar refractivity (Wildman–Crippen MR) is 70.4 cm³/mol. The van der Waals surface area contributed by atoms with Crippen molar-refractivity contribution in [3.63, 3.8) is 0 Å². The molecular formula is C10H19N3O6S. The largest absolute Gasteiger partial charge is 0.481 e. The minimum Gasteiger partial charge on any atom is -0.481 e. The van der Waals surface area contributed by atoms with Crippen molar-refractivity contribution in [1.82, 2.24) is 15.4 Å². The number of imide groups is 1. The molecule has 0 bridgehead atoms. The lowest BCUT2D eigenvalue weighted by Gasteiger charge is -2.17. The lowest BCUT2D eigenvalue weighted by molar-refractivity contribution is -0.149. The molecule has 0 fully saturated rings. The zero-order valence-corrected chi connectivity index (χ0v) is 12.3. The minimum atomic E-state index is -3.44. The van der Waals surface area contributed by atoms with Gasteiger partial charge in [0.05, 0.1) is 11.2 Å². The van der Waals surface area contributed by atoms with Crippen molar-refractivity contribution >= 4 is 27.9 Å². The monoisotopic (exact) mass is 309 g/mol. The van der Waals surface area contributed by atoms with Crippen LogP contribution in [0.4, 0.5) is 4.79 Å². The number of hydrogen-bond acceptors (Lipinski definition) is 5. The van der Waals surface area contributed by atoms with Crippen molar-refractivity contribution in [2.75, 3.05) is 19.3 Å². The van der Waals surface area contributed by atoms with Gasteiger partial charge < -0.3 is 10.4 Å². The highest BCUT2D eigenvalue weighted by Gasteiger charge is 2.30. The highest BCUT2D eigenvalue weighted by Crippen LogP contribution is 2.19. The number of aliphatic carboxylic acids is 1. The van der Waals surface area contributed by atoms with Gasteiger partial charge in [0.15, 0.2) is 0 Å². The van der Waals surface area contributed by atoms with E-state index in [4.69, 9.17) is 5.11 Å². The van der Waals surface area contributed by atoms with Crippen molar-refractivity contribution in [3.05, 3.63) is 0 Å². The molecule has 0 aliphatic rings. The number of carboxylic acid groups (broad SMARTS) is 1. The molecule has 4 N–H and O–H groups in total. The topological polar surface area (TPSA) is 142 Å². The number of hydrogen-bond donors (Lipinski definition) is 4. The van der Waals surface area contributed by atoms with E-state index in [9.17, 15) is 22.8 Å². The molecule has 0 atom stereocenters. The van der Waals surface area contributed by atoms with Gasteiger partial charge in [-0.25, -0.2) is 17.9 Å². The first kappa shape index (κ1) is 18.3. The molecule has 9 nitrogen and oxygen atoms in total. The van der Waals surface area contributed by atoms with Crippen molar-refractivity contribution in [2.45, 2.75) is 20.3 Å². The summed E-state index contributed by atoms with van der Waals surface area (Å²) in [6.45, 7) is 2.53. The molecule has 10 heteroatoms. The van der Waals surface area contributed by atoms with Gasteiger partial charge in [-0.3, -0.25) is 14.9 Å². The maximum atomic E-state index is 11.4. The van der Waals surface area contributed by atoms with Crippen molar-refractivity contribution in [2.24, 2.45) is 5.41 Å². The van der Waals surface area contributed by atoms with Gasteiger partial charge in [0.2, 0.25) is 15.9 Å². The third-order valence-electron chi connectivity index (χ3n) is 2.40. The number of amides is 3. The quantitative estimate of drug-likeness (QED) is 0.468. The van der Waals surface area contributed by atoms with Crippen LogP contribution in [-0.2, 0) is 19.6 Å². The van der Waals surface area contributed by atoms with Crippen LogP contribution in [0.3, 0.4) is 0 Å². The standard InChI is InChI=1S/C10H19N3O6S/c1-10(2,8(15)16)6-7(14)13-9(17)12-4-5-20(18,19)11-3/h11H,4-6H2,1-3H3,(H,15,16)(H2,12,13,14,17). The molecule has 0 heterocycles. The van der Waals surface area contributed by atoms with Crippen molar-refractivity contribution in [1.29, 1.82) is 0 Å². The summed E-state index contributed by atoms with van der Waals surface area (Å²) in [7, 11) is -2.20. The molecule has 0 aromatic carbocycles. The highest BCUT2D eigenvalue weighted by atomic mass is 32.2. The van der Waals surface area contributed by atoms with E-state index < -0.39 is 33.3 Å². The maximum Gasteiger partial charge on any atom is 0.321 e. The predicted octanol–water partition coefficient (Wildman–Crippen LogP) is -1.14. The van der Waals surface area contributed by atoms with Gasteiger partial charge in [0.25, 0.3) is 0 Å². The minimum absolute atomic E-state index is 0.176. The molecule has 0 aliphatic carbocycles. The summed E-state index contributed by atoms with van der Waals surface area (Å²) in [5.41, 5.74) is -1.29. The Balaban J connectivity index is 4.16. The van der Waals surface area contributed by atoms with Crippen LogP contribution < -0.4 is 15.4 Å². The van der Waals surface area contributed by atoms with E-state index in [0.717, 1.165) is 0 Å². The Morgan fingerprint density at radius 3 is 2.20 bits per heavy atom. The van der Waals surface area contributed by atoms with Crippen molar-refractivity contribution in [3.8, 4) is 0 Å². The van der Waals surface area contributed by atoms with Gasteiger partial charge in [-0.05, 0) is 20.9 Å². The summed E-state index contributed by atoms with van der Waals surface area (Å²) in [6.07, 6.45) is -0.370. The molecule has 0 aliphatic heterocycles. The summed E-state index contributed by atoms with van der Waals surface area (Å²) in [4.78, 5) is 33.5. The summed E-state index contributed by atoms with van der Waals surface area (Å²) in [6, 6.07) is -0.873. The first-order valence-corrected chi connectivity index (χ1v) is 7.38. The Morgan fingerprint density at radius 2 is 1.75 bits per heavy atom. The van der Waals surface area contributed by atoms with Gasteiger partial charge in [-0.2, -0.15) is 0 Å². The molecule has 0 saturated heterocycles. The van der Waals surface area contributed by atoms with Gasteiger partial charge in [-0.1, -0.05) is 0 Å². The van der Waals surface area contributed by atoms with Crippen LogP contribution in [0.25, 0.3) is 0 Å². The van der Waals surface area contributed by atoms with Crippen LogP contribution in [0, 0.1) is 5.41 Å². The lowest BCUT2D eigenvalue weighted by Crippen LogP contribution is -2.43. The molecule has 0 radical (unpaired) electrons. The fourth-order valence-electron chi connectivity index (χ4n) is 1.09. The van der Waals surface area contributed by atoms with E-state index in [0.29, 0.717) is 0 Å². The summed E-state index contributed by atoms with van der Waals surface area (Å²) in [5.74, 6) is -2.24. The maximum absolute atomic E-state index is 11.4. The third-order valence-corrected chi connectivity index (χ3v) is 3.77. The molecule has 116 valence electrons. The fourth-order valence-corrected chi connectivity index (χ4v) is 1.67. The fraction of sp³-hybridized carbons (Fsp3) is 0.700. The van der Waals surface area contributed by atoms with Crippen LogP contribution in [0.2, 0.25) is 0 Å². The average molecular weight is 309 g/mol. The van der Waals surface area contributed by atoms with Crippen LogP contribution in [0.1, 0.15) is 20.3 Å². The van der Waals surface area contributed by atoms with E-state index in [2.05, 4.69) is 10.0 Å². The molecule has 0 aromatic heterocycles. The Kier molecular flexibility index (Phi) is 6.59. The molecule has 0 aromatic rings. The number of carbonyl (C=O) groups is 3. The molecular weight excluding hydrogens is 290 g/mol. The van der Waals surface area contributed by atoms with E-state index in [1.54, 1.807) is 0 Å². The molecule has 0 unspecified atom stereocenters. The van der Waals surface area contributed by atoms with Crippen molar-refractivity contribution < 1.29 is 27.9 Å². The Labute approximate surface area is 117 Å². The summed E-state index contributed by atoms with van der Waals surface area (Å²) >= 11 is 0. The SMILES string of the molecule is CNS(=O)(=O)CCNC(=O)NC(=O)CC(C)(C)C(=O)O. The van der Waals surface area contributed by atoms with Crippen LogP contribution in [0.15, 0.2) is 0 Å².